The van der Waals surface area contributed by atoms with Crippen LogP contribution in [-0.4, -0.2) is 9.97 Å². The lowest BCUT2D eigenvalue weighted by Crippen LogP contribution is -1.86. The molecule has 0 aliphatic heterocycles. The highest BCUT2D eigenvalue weighted by Crippen LogP contribution is 2.29. The van der Waals surface area contributed by atoms with Crippen molar-refractivity contribution in [1.82, 2.24) is 9.97 Å². The van der Waals surface area contributed by atoms with Crippen molar-refractivity contribution >= 4 is 0 Å². The molecule has 1 heterocycles. The van der Waals surface area contributed by atoms with E-state index >= 15 is 0 Å². The van der Waals surface area contributed by atoms with E-state index in [9.17, 15) is 0 Å². The minimum absolute atomic E-state index is 0.923. The van der Waals surface area contributed by atoms with Gasteiger partial charge in [-0.3, -0.25) is 0 Å². The Morgan fingerprint density at radius 3 is 2.17 bits per heavy atom. The van der Waals surface area contributed by atoms with Crippen molar-refractivity contribution in [3.63, 3.8) is 0 Å². The van der Waals surface area contributed by atoms with E-state index in [-0.39, 0.29) is 0 Å². The molecule has 0 bridgehead atoms. The largest absolute Gasteiger partial charge is 0.342 e. The highest BCUT2D eigenvalue weighted by Gasteiger charge is 2.08. The fourth-order valence-corrected chi connectivity index (χ4v) is 2.11. The third-order valence-corrected chi connectivity index (χ3v) is 2.97. The predicted molar refractivity (Wildman–Crippen MR) is 74.2 cm³/mol. The zero-order chi connectivity index (χ0) is 12.4. The second-order valence-electron chi connectivity index (χ2n) is 4.33. The summed E-state index contributed by atoms with van der Waals surface area (Å²) in [6.45, 7) is 2.02. The molecule has 0 aliphatic rings. The monoisotopic (exact) mass is 234 g/mol. The normalized spacial score (nSPS) is 10.5. The number of benzene rings is 2. The Labute approximate surface area is 106 Å². The van der Waals surface area contributed by atoms with Gasteiger partial charge in [0.05, 0.1) is 0 Å². The lowest BCUT2D eigenvalue weighted by molar-refractivity contribution is 1.26. The van der Waals surface area contributed by atoms with Crippen LogP contribution in [0.4, 0.5) is 0 Å². The number of H-pyrrole nitrogens is 1. The number of nitrogens with one attached hydrogen (secondary N) is 1. The summed E-state index contributed by atoms with van der Waals surface area (Å²) >= 11 is 0. The standard InChI is InChI=1S/C16H14N2/c1-12-11-17-16(18-12)15-10-6-5-9-14(15)13-7-3-2-4-8-13/h2-11H,1H3,(H,17,18). The summed E-state index contributed by atoms with van der Waals surface area (Å²) in [5.74, 6) is 0.923. The molecule has 0 saturated heterocycles. The van der Waals surface area contributed by atoms with E-state index in [1.54, 1.807) is 0 Å². The topological polar surface area (TPSA) is 28.7 Å². The molecule has 0 saturated carbocycles. The Morgan fingerprint density at radius 1 is 0.833 bits per heavy atom. The lowest BCUT2D eigenvalue weighted by Gasteiger charge is -2.07. The van der Waals surface area contributed by atoms with Crippen LogP contribution < -0.4 is 0 Å². The molecule has 2 heteroatoms. The SMILES string of the molecule is Cc1cnc(-c2ccccc2-c2ccccc2)[nH]1. The molecule has 0 spiro atoms. The van der Waals surface area contributed by atoms with Gasteiger partial charge in [0, 0.05) is 17.5 Å². The number of rotatable bonds is 2. The number of aryl methyl sites for hydroxylation is 1. The average molecular weight is 234 g/mol. The van der Waals surface area contributed by atoms with Crippen molar-refractivity contribution in [2.24, 2.45) is 0 Å². The van der Waals surface area contributed by atoms with E-state index in [1.165, 1.54) is 11.1 Å². The molecular weight excluding hydrogens is 220 g/mol. The molecule has 0 atom stereocenters. The van der Waals surface area contributed by atoms with Gasteiger partial charge in [0.25, 0.3) is 0 Å². The third-order valence-electron chi connectivity index (χ3n) is 2.97. The highest BCUT2D eigenvalue weighted by atomic mass is 14.9. The van der Waals surface area contributed by atoms with Crippen molar-refractivity contribution in [3.05, 3.63) is 66.5 Å². The molecule has 3 rings (SSSR count). The highest BCUT2D eigenvalue weighted by molar-refractivity contribution is 5.80. The molecule has 0 radical (unpaired) electrons. The summed E-state index contributed by atoms with van der Waals surface area (Å²) in [6.07, 6.45) is 1.86. The molecule has 2 nitrogen and oxygen atoms in total. The molecule has 0 aliphatic carbocycles. The van der Waals surface area contributed by atoms with E-state index in [1.807, 2.05) is 25.3 Å². The van der Waals surface area contributed by atoms with Gasteiger partial charge in [-0.25, -0.2) is 4.98 Å². The van der Waals surface area contributed by atoms with E-state index < -0.39 is 0 Å². The molecule has 0 fully saturated rings. The molecular formula is C16H14N2. The van der Waals surface area contributed by atoms with Crippen molar-refractivity contribution in [2.45, 2.75) is 6.92 Å². The summed E-state index contributed by atoms with van der Waals surface area (Å²) in [5.41, 5.74) is 4.62. The number of nitrogens with zero attached hydrogens (tertiary/aromatic N) is 1. The Bertz CT molecular complexity index is 654. The van der Waals surface area contributed by atoms with Gasteiger partial charge < -0.3 is 4.98 Å². The lowest BCUT2D eigenvalue weighted by atomic mass is 9.99. The van der Waals surface area contributed by atoms with Crippen LogP contribution in [0.3, 0.4) is 0 Å². The van der Waals surface area contributed by atoms with Crippen LogP contribution in [0.5, 0.6) is 0 Å². The Kier molecular flexibility index (Phi) is 2.69. The smallest absolute Gasteiger partial charge is 0.138 e. The Balaban J connectivity index is 2.17. The van der Waals surface area contributed by atoms with Crippen LogP contribution in [-0.2, 0) is 0 Å². The van der Waals surface area contributed by atoms with E-state index in [2.05, 4.69) is 52.4 Å². The zero-order valence-electron chi connectivity index (χ0n) is 10.2. The maximum atomic E-state index is 4.42. The zero-order valence-corrected chi connectivity index (χ0v) is 10.2. The van der Waals surface area contributed by atoms with Crippen LogP contribution in [0.1, 0.15) is 5.69 Å². The Morgan fingerprint density at radius 2 is 1.50 bits per heavy atom. The van der Waals surface area contributed by atoms with Crippen LogP contribution >= 0.6 is 0 Å². The van der Waals surface area contributed by atoms with Gasteiger partial charge in [-0.2, -0.15) is 0 Å². The first-order chi connectivity index (χ1) is 8.84. The number of aromatic nitrogens is 2. The van der Waals surface area contributed by atoms with Gasteiger partial charge >= 0.3 is 0 Å². The molecule has 1 aromatic heterocycles. The molecule has 0 amide bonds. The number of hydrogen-bond acceptors (Lipinski definition) is 1. The quantitative estimate of drug-likeness (QED) is 0.712. The van der Waals surface area contributed by atoms with Crippen molar-refractivity contribution < 1.29 is 0 Å². The molecule has 2 aromatic carbocycles. The summed E-state index contributed by atoms with van der Waals surface area (Å²) in [4.78, 5) is 7.71. The van der Waals surface area contributed by atoms with Gasteiger partial charge in [0.15, 0.2) is 0 Å². The second kappa shape index (κ2) is 4.49. The molecule has 18 heavy (non-hydrogen) atoms. The Hall–Kier alpha value is -2.35. The van der Waals surface area contributed by atoms with E-state index in [0.29, 0.717) is 0 Å². The van der Waals surface area contributed by atoms with Gasteiger partial charge in [-0.1, -0.05) is 54.6 Å². The summed E-state index contributed by atoms with van der Waals surface area (Å²) in [7, 11) is 0. The van der Waals surface area contributed by atoms with E-state index in [0.717, 1.165) is 17.1 Å². The molecule has 88 valence electrons. The number of aromatic amines is 1. The molecule has 0 unspecified atom stereocenters. The van der Waals surface area contributed by atoms with Crippen LogP contribution in [0, 0.1) is 6.92 Å². The van der Waals surface area contributed by atoms with Gasteiger partial charge in [-0.05, 0) is 18.1 Å². The average Bonchev–Trinajstić information content (AvgIpc) is 2.86. The minimum Gasteiger partial charge on any atom is -0.342 e. The predicted octanol–water partition coefficient (Wildman–Crippen LogP) is 4.05. The van der Waals surface area contributed by atoms with Crippen molar-refractivity contribution in [3.8, 4) is 22.5 Å². The first-order valence-corrected chi connectivity index (χ1v) is 6.01. The second-order valence-corrected chi connectivity index (χ2v) is 4.33. The fourth-order valence-electron chi connectivity index (χ4n) is 2.11. The summed E-state index contributed by atoms with van der Waals surface area (Å²) < 4.78 is 0. The number of hydrogen-bond donors (Lipinski definition) is 1. The van der Waals surface area contributed by atoms with Gasteiger partial charge in [0.2, 0.25) is 0 Å². The summed E-state index contributed by atoms with van der Waals surface area (Å²) in [5, 5.41) is 0. The van der Waals surface area contributed by atoms with Gasteiger partial charge in [-0.15, -0.1) is 0 Å². The van der Waals surface area contributed by atoms with Crippen LogP contribution in [0.25, 0.3) is 22.5 Å². The molecule has 1 N–H and O–H groups in total. The van der Waals surface area contributed by atoms with E-state index in [4.69, 9.17) is 0 Å². The number of imidazole rings is 1. The molecule has 3 aromatic rings. The maximum absolute atomic E-state index is 4.42. The minimum atomic E-state index is 0.923. The summed E-state index contributed by atoms with van der Waals surface area (Å²) in [6, 6.07) is 18.7. The van der Waals surface area contributed by atoms with Crippen molar-refractivity contribution in [2.75, 3.05) is 0 Å². The maximum Gasteiger partial charge on any atom is 0.138 e. The first kappa shape index (κ1) is 10.8. The van der Waals surface area contributed by atoms with Crippen molar-refractivity contribution in [1.29, 1.82) is 0 Å². The van der Waals surface area contributed by atoms with Gasteiger partial charge in [0.1, 0.15) is 5.82 Å². The fraction of sp³-hybridized carbons (Fsp3) is 0.0625. The van der Waals surface area contributed by atoms with Crippen LogP contribution in [0.15, 0.2) is 60.8 Å². The third kappa shape index (κ3) is 1.93. The van der Waals surface area contributed by atoms with Crippen LogP contribution in [0.2, 0.25) is 0 Å². The first-order valence-electron chi connectivity index (χ1n) is 6.01.